The molecule has 1 N–H and O–H groups in total. The van der Waals surface area contributed by atoms with Crippen LogP contribution in [0, 0.1) is 6.92 Å². The molecule has 1 heterocycles. The minimum atomic E-state index is -0.493. The van der Waals surface area contributed by atoms with Crippen molar-refractivity contribution in [1.82, 2.24) is 10.3 Å². The van der Waals surface area contributed by atoms with Gasteiger partial charge in [-0.15, -0.1) is 0 Å². The van der Waals surface area contributed by atoms with Gasteiger partial charge in [-0.05, 0) is 31.0 Å². The van der Waals surface area contributed by atoms with Crippen molar-refractivity contribution in [2.75, 3.05) is 13.2 Å². The Balaban J connectivity index is 1.63. The third-order valence-corrected chi connectivity index (χ3v) is 3.61. The van der Waals surface area contributed by atoms with Crippen LogP contribution < -0.4 is 5.32 Å². The Morgan fingerprint density at radius 1 is 1.17 bits per heavy atom. The number of halogens is 1. The van der Waals surface area contributed by atoms with Crippen LogP contribution in [0.4, 0.5) is 0 Å². The molecule has 0 atom stereocenters. The summed E-state index contributed by atoms with van der Waals surface area (Å²) in [7, 11) is 0. The molecule has 2 aromatic rings. The predicted octanol–water partition coefficient (Wildman–Crippen LogP) is 2.95. The summed E-state index contributed by atoms with van der Waals surface area (Å²) in [5.41, 5.74) is 2.64. The van der Waals surface area contributed by atoms with Gasteiger partial charge in [0, 0.05) is 12.6 Å². The van der Waals surface area contributed by atoms with Crippen LogP contribution in [0.5, 0.6) is 0 Å². The molecule has 126 valence electrons. The molecule has 0 aliphatic rings. The summed E-state index contributed by atoms with van der Waals surface area (Å²) in [6, 6.07) is 11.1. The maximum absolute atomic E-state index is 11.8. The van der Waals surface area contributed by atoms with Crippen LogP contribution in [0.1, 0.15) is 27.9 Å². The minimum absolute atomic E-state index is 0.0696. The third-order valence-electron chi connectivity index (χ3n) is 3.38. The number of aryl methyl sites for hydroxylation is 2. The van der Waals surface area contributed by atoms with E-state index in [1.165, 1.54) is 23.9 Å². The zero-order valence-electron chi connectivity index (χ0n) is 13.4. The minimum Gasteiger partial charge on any atom is -0.460 e. The van der Waals surface area contributed by atoms with Crippen molar-refractivity contribution in [1.29, 1.82) is 0 Å². The van der Waals surface area contributed by atoms with Gasteiger partial charge in [0.25, 0.3) is 0 Å². The lowest BCUT2D eigenvalue weighted by Gasteiger charge is -2.07. The number of nitrogens with zero attached hydrogens (tertiary/aromatic N) is 1. The molecular weight excluding hydrogens is 328 g/mol. The number of hydrogen-bond donors (Lipinski definition) is 1. The zero-order valence-corrected chi connectivity index (χ0v) is 14.2. The molecule has 6 heteroatoms. The standard InChI is InChI=1S/C18H19ClN2O3/c1-13-2-4-14(5-3-13)6-9-17(22)20-10-11-24-18(23)15-7-8-16(19)21-12-15/h2-5,7-8,12H,6,9-11H2,1H3,(H,20,22). The van der Waals surface area contributed by atoms with Crippen molar-refractivity contribution in [3.05, 3.63) is 64.4 Å². The van der Waals surface area contributed by atoms with Gasteiger partial charge in [-0.25, -0.2) is 9.78 Å². The second-order valence-electron chi connectivity index (χ2n) is 5.34. The van der Waals surface area contributed by atoms with Gasteiger partial charge in [-0.1, -0.05) is 41.4 Å². The topological polar surface area (TPSA) is 68.3 Å². The summed E-state index contributed by atoms with van der Waals surface area (Å²) in [6.45, 7) is 2.41. The molecule has 1 aromatic carbocycles. The molecule has 2 rings (SSSR count). The van der Waals surface area contributed by atoms with Gasteiger partial charge in [-0.3, -0.25) is 4.79 Å². The monoisotopic (exact) mass is 346 g/mol. The predicted molar refractivity (Wildman–Crippen MR) is 92.0 cm³/mol. The Kier molecular flexibility index (Phi) is 6.75. The lowest BCUT2D eigenvalue weighted by molar-refractivity contribution is -0.121. The molecule has 0 spiro atoms. The van der Waals surface area contributed by atoms with E-state index in [0.717, 1.165) is 5.56 Å². The molecule has 1 amide bonds. The maximum Gasteiger partial charge on any atom is 0.339 e. The molecule has 5 nitrogen and oxygen atoms in total. The Morgan fingerprint density at radius 3 is 2.58 bits per heavy atom. The highest BCUT2D eigenvalue weighted by atomic mass is 35.5. The zero-order chi connectivity index (χ0) is 17.4. The third kappa shape index (κ3) is 6.01. The first kappa shape index (κ1) is 17.9. The molecular formula is C18H19ClN2O3. The van der Waals surface area contributed by atoms with Gasteiger partial charge in [0.1, 0.15) is 11.8 Å². The Bertz CT molecular complexity index is 684. The van der Waals surface area contributed by atoms with E-state index in [0.29, 0.717) is 23.6 Å². The van der Waals surface area contributed by atoms with Crippen LogP contribution in [0.25, 0.3) is 0 Å². The number of rotatable bonds is 7. The van der Waals surface area contributed by atoms with Crippen molar-refractivity contribution in [2.45, 2.75) is 19.8 Å². The number of carbonyl (C=O) groups is 2. The number of nitrogens with one attached hydrogen (secondary N) is 1. The maximum atomic E-state index is 11.8. The second kappa shape index (κ2) is 9.03. The fourth-order valence-electron chi connectivity index (χ4n) is 2.02. The first-order valence-electron chi connectivity index (χ1n) is 7.65. The first-order valence-corrected chi connectivity index (χ1v) is 8.03. The summed E-state index contributed by atoms with van der Waals surface area (Å²) >= 11 is 5.65. The number of carbonyl (C=O) groups excluding carboxylic acids is 2. The molecule has 0 fully saturated rings. The van der Waals surface area contributed by atoms with Crippen LogP contribution in [0.2, 0.25) is 5.15 Å². The van der Waals surface area contributed by atoms with Crippen molar-refractivity contribution < 1.29 is 14.3 Å². The lowest BCUT2D eigenvalue weighted by atomic mass is 10.1. The van der Waals surface area contributed by atoms with E-state index in [2.05, 4.69) is 10.3 Å². The van der Waals surface area contributed by atoms with Crippen LogP contribution in [0.15, 0.2) is 42.6 Å². The summed E-state index contributed by atoms with van der Waals surface area (Å²) in [5, 5.41) is 3.04. The van der Waals surface area contributed by atoms with Gasteiger partial charge in [0.15, 0.2) is 0 Å². The molecule has 0 saturated heterocycles. The molecule has 24 heavy (non-hydrogen) atoms. The normalized spacial score (nSPS) is 10.2. The molecule has 0 bridgehead atoms. The smallest absolute Gasteiger partial charge is 0.339 e. The summed E-state index contributed by atoms with van der Waals surface area (Å²) in [6.07, 6.45) is 2.44. The highest BCUT2D eigenvalue weighted by molar-refractivity contribution is 6.29. The second-order valence-corrected chi connectivity index (χ2v) is 5.73. The van der Waals surface area contributed by atoms with E-state index >= 15 is 0 Å². The SMILES string of the molecule is Cc1ccc(CCC(=O)NCCOC(=O)c2ccc(Cl)nc2)cc1. The van der Waals surface area contributed by atoms with Gasteiger partial charge in [-0.2, -0.15) is 0 Å². The number of ether oxygens (including phenoxy) is 1. The van der Waals surface area contributed by atoms with Crippen LogP contribution in [0.3, 0.4) is 0 Å². The van der Waals surface area contributed by atoms with E-state index in [1.807, 2.05) is 31.2 Å². The number of aromatic nitrogens is 1. The van der Waals surface area contributed by atoms with E-state index < -0.39 is 5.97 Å². The van der Waals surface area contributed by atoms with Crippen molar-refractivity contribution in [2.24, 2.45) is 0 Å². The fourth-order valence-corrected chi connectivity index (χ4v) is 2.13. The van der Waals surface area contributed by atoms with Crippen LogP contribution >= 0.6 is 11.6 Å². The van der Waals surface area contributed by atoms with E-state index in [4.69, 9.17) is 16.3 Å². The summed E-state index contributed by atoms with van der Waals surface area (Å²) < 4.78 is 5.06. The Hall–Kier alpha value is -2.40. The van der Waals surface area contributed by atoms with Crippen LogP contribution in [-0.2, 0) is 16.0 Å². The average Bonchev–Trinajstić information content (AvgIpc) is 2.58. The van der Waals surface area contributed by atoms with Crippen molar-refractivity contribution in [3.8, 4) is 0 Å². The summed E-state index contributed by atoms with van der Waals surface area (Å²) in [5.74, 6) is -0.562. The molecule has 0 radical (unpaired) electrons. The number of esters is 1. The van der Waals surface area contributed by atoms with Gasteiger partial charge in [0.05, 0.1) is 12.1 Å². The lowest BCUT2D eigenvalue weighted by Crippen LogP contribution is -2.28. The van der Waals surface area contributed by atoms with Crippen LogP contribution in [-0.4, -0.2) is 30.0 Å². The van der Waals surface area contributed by atoms with Crippen molar-refractivity contribution in [3.63, 3.8) is 0 Å². The highest BCUT2D eigenvalue weighted by Gasteiger charge is 2.08. The number of benzene rings is 1. The number of amides is 1. The van der Waals surface area contributed by atoms with E-state index in [1.54, 1.807) is 0 Å². The molecule has 0 aliphatic heterocycles. The van der Waals surface area contributed by atoms with E-state index in [9.17, 15) is 9.59 Å². The number of hydrogen-bond acceptors (Lipinski definition) is 4. The molecule has 0 aliphatic carbocycles. The quantitative estimate of drug-likeness (QED) is 0.475. The summed E-state index contributed by atoms with van der Waals surface area (Å²) in [4.78, 5) is 27.3. The molecule has 0 unspecified atom stereocenters. The average molecular weight is 347 g/mol. The molecule has 0 saturated carbocycles. The van der Waals surface area contributed by atoms with E-state index in [-0.39, 0.29) is 19.1 Å². The largest absolute Gasteiger partial charge is 0.460 e. The fraction of sp³-hybridized carbons (Fsp3) is 0.278. The Labute approximate surface area is 146 Å². The van der Waals surface area contributed by atoms with Crippen molar-refractivity contribution >= 4 is 23.5 Å². The highest BCUT2D eigenvalue weighted by Crippen LogP contribution is 2.07. The number of pyridine rings is 1. The Morgan fingerprint density at radius 2 is 1.92 bits per heavy atom. The van der Waals surface area contributed by atoms with Gasteiger partial charge >= 0.3 is 5.97 Å². The first-order chi connectivity index (χ1) is 11.5. The molecule has 1 aromatic heterocycles. The van der Waals surface area contributed by atoms with Gasteiger partial charge < -0.3 is 10.1 Å². The van der Waals surface area contributed by atoms with Gasteiger partial charge in [0.2, 0.25) is 5.91 Å².